The van der Waals surface area contributed by atoms with E-state index in [-0.39, 0.29) is 5.75 Å². The Morgan fingerprint density at radius 1 is 1.43 bits per heavy atom. The minimum Gasteiger partial charge on any atom is -0.493 e. The van der Waals surface area contributed by atoms with Gasteiger partial charge in [0.1, 0.15) is 0 Å². The van der Waals surface area contributed by atoms with Gasteiger partial charge in [-0.1, -0.05) is 6.07 Å². The predicted octanol–water partition coefficient (Wildman–Crippen LogP) is 2.85. The number of carbonyl (C=O) groups is 1. The summed E-state index contributed by atoms with van der Waals surface area (Å²) in [7, 11) is 1.24. The summed E-state index contributed by atoms with van der Waals surface area (Å²) in [6.45, 7) is 0. The Kier molecular flexibility index (Phi) is 3.36. The topological polar surface area (TPSA) is 55.8 Å². The van der Waals surface area contributed by atoms with E-state index >= 15 is 0 Å². The molecule has 1 aliphatic carbocycles. The highest BCUT2D eigenvalue weighted by Crippen LogP contribution is 2.53. The Hall–Kier alpha value is -1.69. The first-order valence-corrected chi connectivity index (χ1v) is 6.90. The van der Waals surface area contributed by atoms with Crippen LogP contribution in [0, 0.1) is 11.6 Å². The molecule has 114 valence electrons. The van der Waals surface area contributed by atoms with Crippen LogP contribution in [0.1, 0.15) is 37.2 Å². The zero-order valence-corrected chi connectivity index (χ0v) is 11.6. The number of hydrogen-bond donors (Lipinski definition) is 1. The van der Waals surface area contributed by atoms with Gasteiger partial charge in [-0.15, -0.1) is 0 Å². The van der Waals surface area contributed by atoms with Crippen LogP contribution in [-0.4, -0.2) is 29.9 Å². The van der Waals surface area contributed by atoms with Crippen molar-refractivity contribution < 1.29 is 28.2 Å². The van der Waals surface area contributed by atoms with Crippen LogP contribution in [0.3, 0.4) is 0 Å². The summed E-state index contributed by atoms with van der Waals surface area (Å²) in [5.41, 5.74) is -0.0728. The van der Waals surface area contributed by atoms with Gasteiger partial charge in [0.2, 0.25) is 5.82 Å². The monoisotopic (exact) mass is 298 g/mol. The Labute approximate surface area is 120 Å². The predicted molar refractivity (Wildman–Crippen MR) is 69.4 cm³/mol. The van der Waals surface area contributed by atoms with E-state index in [1.54, 1.807) is 0 Å². The summed E-state index contributed by atoms with van der Waals surface area (Å²) in [4.78, 5) is 11.4. The van der Waals surface area contributed by atoms with Crippen molar-refractivity contribution in [2.45, 2.75) is 43.3 Å². The van der Waals surface area contributed by atoms with Crippen LogP contribution in [0.2, 0.25) is 0 Å². The number of methoxy groups -OCH3 is 1. The third-order valence-corrected chi connectivity index (χ3v) is 4.53. The summed E-state index contributed by atoms with van der Waals surface area (Å²) in [5, 5.41) is 9.35. The van der Waals surface area contributed by atoms with Crippen molar-refractivity contribution in [2.24, 2.45) is 0 Å². The average Bonchev–Trinajstić information content (AvgIpc) is 2.82. The van der Waals surface area contributed by atoms with Gasteiger partial charge in [-0.25, -0.2) is 9.18 Å². The van der Waals surface area contributed by atoms with Gasteiger partial charge in [-0.3, -0.25) is 0 Å². The number of carboxylic acids is 1. The zero-order chi connectivity index (χ0) is 15.2. The highest BCUT2D eigenvalue weighted by atomic mass is 19.2. The third-order valence-electron chi connectivity index (χ3n) is 4.53. The minimum absolute atomic E-state index is 0.230. The fourth-order valence-corrected chi connectivity index (χ4v) is 3.34. The van der Waals surface area contributed by atoms with Crippen LogP contribution >= 0.6 is 0 Å². The molecule has 1 spiro atoms. The van der Waals surface area contributed by atoms with E-state index in [1.807, 2.05) is 0 Å². The maximum atomic E-state index is 13.8. The Morgan fingerprint density at radius 3 is 2.67 bits per heavy atom. The Bertz CT molecular complexity index is 583. The first-order valence-electron chi connectivity index (χ1n) is 6.90. The molecule has 1 N–H and O–H groups in total. The van der Waals surface area contributed by atoms with E-state index in [2.05, 4.69) is 0 Å². The third kappa shape index (κ3) is 2.18. The van der Waals surface area contributed by atoms with Gasteiger partial charge < -0.3 is 14.6 Å². The lowest BCUT2D eigenvalue weighted by Gasteiger charge is -2.37. The van der Waals surface area contributed by atoms with Crippen LogP contribution < -0.4 is 4.74 Å². The fourth-order valence-electron chi connectivity index (χ4n) is 3.34. The number of rotatable bonds is 3. The number of hydrogen-bond acceptors (Lipinski definition) is 3. The molecule has 6 heteroatoms. The van der Waals surface area contributed by atoms with Gasteiger partial charge in [0.25, 0.3) is 0 Å². The standard InChI is InChI=1S/C15H16F2O4/c1-20-12-8(3-4-10(16)11(12)17)9-7-15(5-2-6-15)21-13(9)14(18)19/h3-4,9,13H,2,5-7H2,1H3,(H,18,19)/t9-,13+/m0/s1. The number of aliphatic carboxylic acids is 1. The van der Waals surface area contributed by atoms with Crippen molar-refractivity contribution in [1.29, 1.82) is 0 Å². The molecule has 4 nitrogen and oxygen atoms in total. The Balaban J connectivity index is 2.02. The van der Waals surface area contributed by atoms with Crippen LogP contribution in [0.5, 0.6) is 5.75 Å². The molecule has 2 atom stereocenters. The van der Waals surface area contributed by atoms with Crippen LogP contribution in [0.15, 0.2) is 12.1 Å². The maximum absolute atomic E-state index is 13.8. The van der Waals surface area contributed by atoms with E-state index in [9.17, 15) is 18.7 Å². The second kappa shape index (κ2) is 4.94. The lowest BCUT2D eigenvalue weighted by Crippen LogP contribution is -2.38. The lowest BCUT2D eigenvalue weighted by molar-refractivity contribution is -0.160. The molecule has 1 saturated heterocycles. The number of benzene rings is 1. The maximum Gasteiger partial charge on any atom is 0.333 e. The quantitative estimate of drug-likeness (QED) is 0.932. The fraction of sp³-hybridized carbons (Fsp3) is 0.533. The molecule has 1 heterocycles. The summed E-state index contributed by atoms with van der Waals surface area (Å²) < 4.78 is 37.8. The molecule has 3 rings (SSSR count). The summed E-state index contributed by atoms with van der Waals surface area (Å²) in [6.07, 6.45) is 2.04. The SMILES string of the molecule is COc1c([C@@H]2CC3(CCC3)O[C@H]2C(=O)O)ccc(F)c1F. The molecule has 1 aromatic carbocycles. The van der Waals surface area contributed by atoms with Crippen LogP contribution in [-0.2, 0) is 9.53 Å². The molecule has 0 bridgehead atoms. The van der Waals surface area contributed by atoms with E-state index in [0.717, 1.165) is 25.3 Å². The average molecular weight is 298 g/mol. The molecule has 0 unspecified atom stereocenters. The summed E-state index contributed by atoms with van der Waals surface area (Å²) >= 11 is 0. The highest BCUT2D eigenvalue weighted by Gasteiger charge is 2.53. The van der Waals surface area contributed by atoms with Crippen LogP contribution in [0.25, 0.3) is 0 Å². The van der Waals surface area contributed by atoms with Gasteiger partial charge in [0.05, 0.1) is 12.7 Å². The van der Waals surface area contributed by atoms with Gasteiger partial charge >= 0.3 is 5.97 Å². The smallest absolute Gasteiger partial charge is 0.333 e. The molecule has 1 aromatic rings. The van der Waals surface area contributed by atoms with Crippen molar-refractivity contribution in [3.63, 3.8) is 0 Å². The minimum atomic E-state index is -1.09. The normalized spacial score (nSPS) is 26.6. The van der Waals surface area contributed by atoms with Gasteiger partial charge in [0, 0.05) is 11.5 Å². The Morgan fingerprint density at radius 2 is 2.14 bits per heavy atom. The van der Waals surface area contributed by atoms with Gasteiger partial charge in [-0.2, -0.15) is 4.39 Å². The van der Waals surface area contributed by atoms with Crippen molar-refractivity contribution in [1.82, 2.24) is 0 Å². The number of halogens is 2. The second-order valence-electron chi connectivity index (χ2n) is 5.71. The zero-order valence-electron chi connectivity index (χ0n) is 11.6. The van der Waals surface area contributed by atoms with Crippen molar-refractivity contribution >= 4 is 5.97 Å². The molecule has 1 saturated carbocycles. The molecule has 1 aliphatic heterocycles. The van der Waals surface area contributed by atoms with Crippen molar-refractivity contribution in [3.05, 3.63) is 29.3 Å². The van der Waals surface area contributed by atoms with Gasteiger partial charge in [-0.05, 0) is 31.7 Å². The van der Waals surface area contributed by atoms with Crippen molar-refractivity contribution in [3.8, 4) is 5.75 Å². The first-order chi connectivity index (χ1) is 9.97. The second-order valence-corrected chi connectivity index (χ2v) is 5.71. The lowest BCUT2D eigenvalue weighted by atomic mass is 9.74. The largest absolute Gasteiger partial charge is 0.493 e. The molecule has 0 radical (unpaired) electrons. The van der Waals surface area contributed by atoms with Gasteiger partial charge in [0.15, 0.2) is 17.7 Å². The molecule has 0 aromatic heterocycles. The molecular formula is C15H16F2O4. The van der Waals surface area contributed by atoms with E-state index in [1.165, 1.54) is 13.2 Å². The summed E-state index contributed by atoms with van der Waals surface area (Å²) in [6, 6.07) is 2.39. The number of ether oxygens (including phenoxy) is 2. The first kappa shape index (κ1) is 14.3. The van der Waals surface area contributed by atoms with E-state index < -0.39 is 35.2 Å². The molecule has 2 fully saturated rings. The van der Waals surface area contributed by atoms with Crippen molar-refractivity contribution in [2.75, 3.05) is 7.11 Å². The highest BCUT2D eigenvalue weighted by molar-refractivity contribution is 5.75. The molecule has 21 heavy (non-hydrogen) atoms. The van der Waals surface area contributed by atoms with E-state index in [4.69, 9.17) is 9.47 Å². The van der Waals surface area contributed by atoms with Crippen LogP contribution in [0.4, 0.5) is 8.78 Å². The summed E-state index contributed by atoms with van der Waals surface area (Å²) in [5.74, 6) is -3.96. The molecular weight excluding hydrogens is 282 g/mol. The van der Waals surface area contributed by atoms with E-state index in [0.29, 0.717) is 12.0 Å². The number of carboxylic acid groups (broad SMARTS) is 1. The molecule has 0 amide bonds. The molecule has 2 aliphatic rings.